The second-order valence-electron chi connectivity index (χ2n) is 7.27. The average Bonchev–Trinajstić information content (AvgIpc) is 3.07. The molecule has 0 amide bonds. The molecule has 1 atom stereocenters. The molecule has 2 N–H and O–H groups in total. The van der Waals surface area contributed by atoms with Crippen LogP contribution in [0.15, 0.2) is 36.4 Å². The summed E-state index contributed by atoms with van der Waals surface area (Å²) in [5.74, 6) is 1.40. The Morgan fingerprint density at radius 1 is 1.26 bits per heavy atom. The predicted octanol–water partition coefficient (Wildman–Crippen LogP) is 5.41. The predicted molar refractivity (Wildman–Crippen MR) is 117 cm³/mol. The van der Waals surface area contributed by atoms with Crippen LogP contribution in [0.1, 0.15) is 35.7 Å². The Bertz CT molecular complexity index is 958. The zero-order chi connectivity index (χ0) is 19.0. The van der Waals surface area contributed by atoms with Crippen LogP contribution in [-0.4, -0.2) is 33.1 Å². The molecule has 4 nitrogen and oxygen atoms in total. The summed E-state index contributed by atoms with van der Waals surface area (Å²) in [5, 5.41) is 4.68. The monoisotopic (exact) mass is 398 g/mol. The Kier molecular flexibility index (Phi) is 5.06. The molecule has 0 spiro atoms. The van der Waals surface area contributed by atoms with E-state index >= 15 is 0 Å². The van der Waals surface area contributed by atoms with Gasteiger partial charge in [-0.25, -0.2) is 4.98 Å². The number of aromatic nitrogens is 2. The number of imidazole rings is 1. The topological polar surface area (TPSA) is 44.0 Å². The summed E-state index contributed by atoms with van der Waals surface area (Å²) >= 11 is 11.9. The average molecular weight is 399 g/mol. The smallest absolute Gasteiger partial charge is 0.173 e. The van der Waals surface area contributed by atoms with E-state index in [-0.39, 0.29) is 0 Å². The molecule has 0 saturated carbocycles. The van der Waals surface area contributed by atoms with Crippen LogP contribution in [0.25, 0.3) is 11.0 Å². The van der Waals surface area contributed by atoms with Gasteiger partial charge in [-0.2, -0.15) is 0 Å². The molecule has 6 heteroatoms. The lowest BCUT2D eigenvalue weighted by Crippen LogP contribution is -2.41. The summed E-state index contributed by atoms with van der Waals surface area (Å²) in [6, 6.07) is 12.0. The molecule has 1 aromatic heterocycles. The van der Waals surface area contributed by atoms with E-state index in [1.807, 2.05) is 24.3 Å². The van der Waals surface area contributed by atoms with Gasteiger partial charge in [0.1, 0.15) is 5.82 Å². The van der Waals surface area contributed by atoms with Crippen molar-refractivity contribution in [2.75, 3.05) is 18.4 Å². The molecule has 0 aliphatic carbocycles. The fourth-order valence-electron chi connectivity index (χ4n) is 3.62. The molecule has 1 fully saturated rings. The van der Waals surface area contributed by atoms with E-state index in [0.29, 0.717) is 10.9 Å². The molecule has 140 valence electrons. The van der Waals surface area contributed by atoms with Gasteiger partial charge in [-0.3, -0.25) is 0 Å². The Hall–Kier alpha value is -2.11. The number of para-hydroxylation sites is 1. The van der Waals surface area contributed by atoms with Crippen molar-refractivity contribution in [1.29, 1.82) is 0 Å². The third-order valence-electron chi connectivity index (χ3n) is 5.33. The van der Waals surface area contributed by atoms with Crippen LogP contribution < -0.4 is 5.32 Å². The fourth-order valence-corrected chi connectivity index (χ4v) is 4.08. The van der Waals surface area contributed by atoms with Crippen molar-refractivity contribution >= 4 is 45.7 Å². The van der Waals surface area contributed by atoms with Crippen LogP contribution in [0.5, 0.6) is 0 Å². The first-order valence-electron chi connectivity index (χ1n) is 9.28. The normalized spacial score (nSPS) is 17.3. The van der Waals surface area contributed by atoms with Gasteiger partial charge in [0.25, 0.3) is 0 Å². The first-order chi connectivity index (χ1) is 13.0. The van der Waals surface area contributed by atoms with Crippen LogP contribution in [0.3, 0.4) is 0 Å². The summed E-state index contributed by atoms with van der Waals surface area (Å²) in [7, 11) is 0. The van der Waals surface area contributed by atoms with Gasteiger partial charge in [0.15, 0.2) is 5.11 Å². The van der Waals surface area contributed by atoms with Gasteiger partial charge < -0.3 is 15.2 Å². The summed E-state index contributed by atoms with van der Waals surface area (Å²) in [6.45, 7) is 6.07. The summed E-state index contributed by atoms with van der Waals surface area (Å²) in [6.07, 6.45) is 2.20. The molecule has 1 aliphatic rings. The fraction of sp³-hybridized carbons (Fsp3) is 0.333. The zero-order valence-electron chi connectivity index (χ0n) is 15.6. The van der Waals surface area contributed by atoms with Gasteiger partial charge in [0, 0.05) is 19.0 Å². The van der Waals surface area contributed by atoms with Crippen molar-refractivity contribution in [1.82, 2.24) is 14.9 Å². The van der Waals surface area contributed by atoms with Crippen LogP contribution in [0.4, 0.5) is 5.69 Å². The van der Waals surface area contributed by atoms with Crippen LogP contribution in [0.2, 0.25) is 5.02 Å². The second-order valence-corrected chi connectivity index (χ2v) is 8.06. The minimum absolute atomic E-state index is 0.345. The maximum Gasteiger partial charge on any atom is 0.173 e. The largest absolute Gasteiger partial charge is 0.348 e. The Balaban J connectivity index is 1.51. The van der Waals surface area contributed by atoms with Gasteiger partial charge in [-0.1, -0.05) is 23.7 Å². The number of hydrogen-bond donors (Lipinski definition) is 2. The van der Waals surface area contributed by atoms with Gasteiger partial charge in [0.2, 0.25) is 0 Å². The van der Waals surface area contributed by atoms with Gasteiger partial charge in [-0.15, -0.1) is 0 Å². The van der Waals surface area contributed by atoms with Gasteiger partial charge in [-0.05, 0) is 74.3 Å². The number of nitrogens with zero attached hydrogens (tertiary/aromatic N) is 2. The molecule has 4 rings (SSSR count). The quantitative estimate of drug-likeness (QED) is 0.566. The molecular weight excluding hydrogens is 376 g/mol. The third-order valence-corrected chi connectivity index (χ3v) is 6.02. The first-order valence-corrected chi connectivity index (χ1v) is 10.1. The van der Waals surface area contributed by atoms with Crippen molar-refractivity contribution in [2.45, 2.75) is 32.6 Å². The van der Waals surface area contributed by atoms with Crippen molar-refractivity contribution in [3.05, 3.63) is 58.4 Å². The highest BCUT2D eigenvalue weighted by molar-refractivity contribution is 7.80. The number of nitrogens with one attached hydrogen (secondary N) is 2. The number of anilines is 1. The number of H-pyrrole nitrogens is 1. The maximum absolute atomic E-state index is 6.25. The molecule has 27 heavy (non-hydrogen) atoms. The van der Waals surface area contributed by atoms with Crippen molar-refractivity contribution in [3.8, 4) is 0 Å². The lowest BCUT2D eigenvalue weighted by Gasteiger charge is -2.34. The molecule has 1 aliphatic heterocycles. The number of thiocarbonyl (C=S) groups is 1. The van der Waals surface area contributed by atoms with E-state index in [2.05, 4.69) is 41.2 Å². The number of hydrogen-bond acceptors (Lipinski definition) is 2. The molecular formula is C21H23ClN4S. The maximum atomic E-state index is 6.25. The minimum Gasteiger partial charge on any atom is -0.348 e. The number of likely N-dealkylation sites (tertiary alicyclic amines) is 1. The summed E-state index contributed by atoms with van der Waals surface area (Å²) < 4.78 is 0. The standard InChI is InChI=1S/C21H23ClN4S/c1-13-10-18-19(11-14(13)2)24-20(23-18)15-6-5-9-26(12-15)21(27)25-17-8-4-3-7-16(17)22/h3-4,7-8,10-11,15H,5-6,9,12H2,1-2H3,(H,23,24)(H,25,27)/t15-/m0/s1. The molecule has 2 aromatic carbocycles. The number of aryl methyl sites for hydroxylation is 2. The van der Waals surface area contributed by atoms with E-state index < -0.39 is 0 Å². The third kappa shape index (κ3) is 3.80. The molecule has 1 saturated heterocycles. The number of halogens is 1. The van der Waals surface area contributed by atoms with E-state index in [1.165, 1.54) is 11.1 Å². The molecule has 0 unspecified atom stereocenters. The van der Waals surface area contributed by atoms with E-state index in [4.69, 9.17) is 28.8 Å². The van der Waals surface area contributed by atoms with Gasteiger partial charge in [0.05, 0.1) is 21.7 Å². The van der Waals surface area contributed by atoms with E-state index in [1.54, 1.807) is 0 Å². The van der Waals surface area contributed by atoms with E-state index in [9.17, 15) is 0 Å². The van der Waals surface area contributed by atoms with Crippen LogP contribution in [-0.2, 0) is 0 Å². The summed E-state index contributed by atoms with van der Waals surface area (Å²) in [5.41, 5.74) is 5.56. The number of piperidine rings is 1. The lowest BCUT2D eigenvalue weighted by molar-refractivity contribution is 0.307. The Morgan fingerprint density at radius 2 is 2.04 bits per heavy atom. The van der Waals surface area contributed by atoms with Crippen molar-refractivity contribution < 1.29 is 0 Å². The Morgan fingerprint density at radius 3 is 2.85 bits per heavy atom. The highest BCUT2D eigenvalue weighted by atomic mass is 35.5. The minimum atomic E-state index is 0.345. The molecule has 0 radical (unpaired) electrons. The SMILES string of the molecule is Cc1cc2nc([C@H]3CCCN(C(=S)Nc4ccccc4Cl)C3)[nH]c2cc1C. The number of aromatic amines is 1. The van der Waals surface area contributed by atoms with Crippen molar-refractivity contribution in [3.63, 3.8) is 0 Å². The highest BCUT2D eigenvalue weighted by Gasteiger charge is 2.25. The molecule has 0 bridgehead atoms. The number of benzene rings is 2. The van der Waals surface area contributed by atoms with Gasteiger partial charge >= 0.3 is 0 Å². The molecule has 2 heterocycles. The highest BCUT2D eigenvalue weighted by Crippen LogP contribution is 2.29. The van der Waals surface area contributed by atoms with E-state index in [0.717, 1.165) is 53.6 Å². The second kappa shape index (κ2) is 7.49. The summed E-state index contributed by atoms with van der Waals surface area (Å²) in [4.78, 5) is 10.6. The Labute approximate surface area is 169 Å². The molecule has 3 aromatic rings. The van der Waals surface area contributed by atoms with Crippen LogP contribution >= 0.6 is 23.8 Å². The first kappa shape index (κ1) is 18.3. The zero-order valence-corrected chi connectivity index (χ0v) is 17.1. The number of rotatable bonds is 2. The number of fused-ring (bicyclic) bond motifs is 1. The van der Waals surface area contributed by atoms with Crippen molar-refractivity contribution in [2.24, 2.45) is 0 Å². The lowest BCUT2D eigenvalue weighted by atomic mass is 9.98. The van der Waals surface area contributed by atoms with Crippen LogP contribution in [0, 0.1) is 13.8 Å².